The number of hydrogen-bond donors (Lipinski definition) is 3. The molecule has 1 aliphatic rings. The van der Waals surface area contributed by atoms with Gasteiger partial charge in [-0.15, -0.1) is 0 Å². The standard InChI is InChI=1S/C17H22N2.C9H14N2O2S/c1-2-6-14(7-3-1)12-18-13-15-10-11-19-17-9-5-4-8-16(15)17;1-3-11-14(12,13)9-7-5-4-6-8(9)10-2/h4-5,8-11,14,18H,1-3,6-7,12-13H2;4-7,10-11H,3H2,1-2H3. The van der Waals surface area contributed by atoms with Gasteiger partial charge in [-0.3, -0.25) is 4.98 Å². The molecule has 0 aliphatic heterocycles. The molecule has 3 N–H and O–H groups in total. The lowest BCUT2D eigenvalue weighted by Gasteiger charge is -2.22. The first kappa shape index (κ1) is 25.1. The molecule has 7 heteroatoms. The van der Waals surface area contributed by atoms with E-state index in [1.54, 1.807) is 38.2 Å². The maximum absolute atomic E-state index is 11.7. The number of sulfonamides is 1. The summed E-state index contributed by atoms with van der Waals surface area (Å²) in [4.78, 5) is 4.69. The van der Waals surface area contributed by atoms with Crippen LogP contribution < -0.4 is 15.4 Å². The van der Waals surface area contributed by atoms with Crippen molar-refractivity contribution in [1.29, 1.82) is 0 Å². The molecule has 0 saturated heterocycles. The third-order valence-corrected chi connectivity index (χ3v) is 7.60. The average Bonchev–Trinajstić information content (AvgIpc) is 2.85. The van der Waals surface area contributed by atoms with Gasteiger partial charge in [0.1, 0.15) is 4.90 Å². The zero-order chi connectivity index (χ0) is 23.5. The second-order valence-electron chi connectivity index (χ2n) is 8.37. The molecule has 1 fully saturated rings. The van der Waals surface area contributed by atoms with Gasteiger partial charge in [0.05, 0.1) is 11.2 Å². The Labute approximate surface area is 198 Å². The molecule has 0 amide bonds. The fourth-order valence-electron chi connectivity index (χ4n) is 4.29. The number of hydrogen-bond acceptors (Lipinski definition) is 5. The molecule has 0 spiro atoms. The molecule has 33 heavy (non-hydrogen) atoms. The predicted molar refractivity (Wildman–Crippen MR) is 137 cm³/mol. The van der Waals surface area contributed by atoms with Gasteiger partial charge >= 0.3 is 0 Å². The normalized spacial score (nSPS) is 14.5. The Hall–Kier alpha value is -2.48. The van der Waals surface area contributed by atoms with Crippen LogP contribution in [0.15, 0.2) is 65.7 Å². The van der Waals surface area contributed by atoms with Crippen LogP contribution in [-0.2, 0) is 16.6 Å². The molecule has 0 bridgehead atoms. The van der Waals surface area contributed by atoms with Crippen molar-refractivity contribution in [1.82, 2.24) is 15.0 Å². The number of nitrogens with zero attached hydrogens (tertiary/aromatic N) is 1. The van der Waals surface area contributed by atoms with Crippen LogP contribution in [0.1, 0.15) is 44.6 Å². The number of aromatic nitrogens is 1. The van der Waals surface area contributed by atoms with Crippen molar-refractivity contribution in [3.63, 3.8) is 0 Å². The van der Waals surface area contributed by atoms with E-state index in [4.69, 9.17) is 0 Å². The zero-order valence-corrected chi connectivity index (χ0v) is 20.5. The van der Waals surface area contributed by atoms with E-state index in [-0.39, 0.29) is 4.90 Å². The molecule has 6 nitrogen and oxygen atoms in total. The van der Waals surface area contributed by atoms with Crippen LogP contribution in [-0.4, -0.2) is 33.5 Å². The van der Waals surface area contributed by atoms with E-state index < -0.39 is 10.0 Å². The Kier molecular flexibility index (Phi) is 9.66. The molecule has 1 aliphatic carbocycles. The van der Waals surface area contributed by atoms with Gasteiger partial charge in [0.15, 0.2) is 0 Å². The number of benzene rings is 2. The Balaban J connectivity index is 0.000000196. The quantitative estimate of drug-likeness (QED) is 0.437. The maximum Gasteiger partial charge on any atom is 0.242 e. The van der Waals surface area contributed by atoms with Gasteiger partial charge in [-0.05, 0) is 55.1 Å². The number of para-hydroxylation sites is 2. The summed E-state index contributed by atoms with van der Waals surface area (Å²) in [7, 11) is -1.67. The van der Waals surface area contributed by atoms with Gasteiger partial charge in [-0.1, -0.05) is 56.5 Å². The van der Waals surface area contributed by atoms with Gasteiger partial charge in [0, 0.05) is 31.7 Å². The molecule has 0 unspecified atom stereocenters. The SMILES string of the molecule is CCNS(=O)(=O)c1ccccc1NC.c1ccc2c(CNCC3CCCCC3)ccnc2c1. The highest BCUT2D eigenvalue weighted by molar-refractivity contribution is 7.89. The Morgan fingerprint density at radius 2 is 1.70 bits per heavy atom. The van der Waals surface area contributed by atoms with Crippen molar-refractivity contribution in [2.75, 3.05) is 25.5 Å². The third-order valence-electron chi connectivity index (χ3n) is 5.99. The Bertz CT molecular complexity index is 1110. The van der Waals surface area contributed by atoms with Gasteiger partial charge in [-0.25, -0.2) is 13.1 Å². The number of pyridine rings is 1. The minimum Gasteiger partial charge on any atom is -0.387 e. The van der Waals surface area contributed by atoms with Crippen molar-refractivity contribution in [2.24, 2.45) is 5.92 Å². The van der Waals surface area contributed by atoms with Crippen LogP contribution in [0.2, 0.25) is 0 Å². The monoisotopic (exact) mass is 468 g/mol. The predicted octanol–water partition coefficient (Wildman–Crippen LogP) is 4.93. The van der Waals surface area contributed by atoms with E-state index in [2.05, 4.69) is 50.7 Å². The summed E-state index contributed by atoms with van der Waals surface area (Å²) in [5.74, 6) is 0.891. The molecule has 1 heterocycles. The van der Waals surface area contributed by atoms with Gasteiger partial charge in [0.25, 0.3) is 0 Å². The molecule has 1 saturated carbocycles. The van der Waals surface area contributed by atoms with E-state index in [0.717, 1.165) is 24.5 Å². The van der Waals surface area contributed by atoms with Crippen LogP contribution in [0, 0.1) is 5.92 Å². The van der Waals surface area contributed by atoms with Crippen LogP contribution in [0.4, 0.5) is 5.69 Å². The van der Waals surface area contributed by atoms with Crippen molar-refractivity contribution in [2.45, 2.75) is 50.5 Å². The largest absolute Gasteiger partial charge is 0.387 e. The van der Waals surface area contributed by atoms with Crippen molar-refractivity contribution in [3.05, 3.63) is 66.4 Å². The van der Waals surface area contributed by atoms with Crippen molar-refractivity contribution in [3.8, 4) is 0 Å². The first-order valence-corrected chi connectivity index (χ1v) is 13.3. The Morgan fingerprint density at radius 3 is 2.45 bits per heavy atom. The molecular formula is C26H36N4O2S. The van der Waals surface area contributed by atoms with Crippen LogP contribution in [0.25, 0.3) is 10.9 Å². The summed E-state index contributed by atoms with van der Waals surface area (Å²) in [6.45, 7) is 4.26. The van der Waals surface area contributed by atoms with Crippen LogP contribution in [0.5, 0.6) is 0 Å². The molecule has 1 aromatic heterocycles. The Morgan fingerprint density at radius 1 is 0.970 bits per heavy atom. The lowest BCUT2D eigenvalue weighted by Crippen LogP contribution is -2.24. The highest BCUT2D eigenvalue weighted by Gasteiger charge is 2.15. The van der Waals surface area contributed by atoms with E-state index in [1.807, 2.05) is 6.20 Å². The molecule has 3 aromatic rings. The maximum atomic E-state index is 11.7. The molecule has 0 atom stereocenters. The zero-order valence-electron chi connectivity index (χ0n) is 19.7. The highest BCUT2D eigenvalue weighted by Crippen LogP contribution is 2.23. The molecular weight excluding hydrogens is 432 g/mol. The summed E-state index contributed by atoms with van der Waals surface area (Å²) in [5.41, 5.74) is 3.06. The second kappa shape index (κ2) is 12.7. The number of fused-ring (bicyclic) bond motifs is 1. The first-order valence-electron chi connectivity index (χ1n) is 11.8. The molecule has 2 aromatic carbocycles. The summed E-state index contributed by atoms with van der Waals surface area (Å²) < 4.78 is 25.8. The van der Waals surface area contributed by atoms with Crippen LogP contribution >= 0.6 is 0 Å². The fraction of sp³-hybridized carbons (Fsp3) is 0.423. The van der Waals surface area contributed by atoms with E-state index in [0.29, 0.717) is 12.2 Å². The molecule has 178 valence electrons. The first-order chi connectivity index (χ1) is 16.0. The minimum absolute atomic E-state index is 0.282. The van der Waals surface area contributed by atoms with Gasteiger partial charge < -0.3 is 10.6 Å². The highest BCUT2D eigenvalue weighted by atomic mass is 32.2. The lowest BCUT2D eigenvalue weighted by atomic mass is 9.89. The van der Waals surface area contributed by atoms with Crippen molar-refractivity contribution >= 4 is 26.6 Å². The van der Waals surface area contributed by atoms with Gasteiger partial charge in [0.2, 0.25) is 10.0 Å². The van der Waals surface area contributed by atoms with E-state index in [9.17, 15) is 8.42 Å². The topological polar surface area (TPSA) is 83.1 Å². The summed E-state index contributed by atoms with van der Waals surface area (Å²) in [5, 5.41) is 7.76. The summed E-state index contributed by atoms with van der Waals surface area (Å²) in [6, 6.07) is 17.3. The molecule has 4 rings (SSSR count). The van der Waals surface area contributed by atoms with Gasteiger partial charge in [-0.2, -0.15) is 0 Å². The van der Waals surface area contributed by atoms with Crippen molar-refractivity contribution < 1.29 is 8.42 Å². The van der Waals surface area contributed by atoms with E-state index in [1.165, 1.54) is 43.1 Å². The number of anilines is 1. The smallest absolute Gasteiger partial charge is 0.242 e. The fourth-order valence-corrected chi connectivity index (χ4v) is 5.54. The second-order valence-corrected chi connectivity index (χ2v) is 10.1. The van der Waals surface area contributed by atoms with Crippen LogP contribution in [0.3, 0.4) is 0 Å². The minimum atomic E-state index is -3.37. The summed E-state index contributed by atoms with van der Waals surface area (Å²) in [6.07, 6.45) is 9.01. The third kappa shape index (κ3) is 7.25. The average molecular weight is 469 g/mol. The summed E-state index contributed by atoms with van der Waals surface area (Å²) >= 11 is 0. The number of nitrogens with one attached hydrogen (secondary N) is 3. The van der Waals surface area contributed by atoms with E-state index >= 15 is 0 Å². The lowest BCUT2D eigenvalue weighted by molar-refractivity contribution is 0.342. The number of rotatable bonds is 8. The molecule has 0 radical (unpaired) electrons.